The molecular weight excluding hydrogens is 284 g/mol. The molecule has 2 aromatic rings. The van der Waals surface area contributed by atoms with Crippen molar-refractivity contribution in [3.8, 4) is 10.8 Å². The largest absolute Gasteiger partial charge is 0.381 e. The summed E-state index contributed by atoms with van der Waals surface area (Å²) in [5.74, 6) is 1.38. The predicted molar refractivity (Wildman–Crippen MR) is 83.0 cm³/mol. The van der Waals surface area contributed by atoms with Crippen LogP contribution in [0.3, 0.4) is 0 Å². The molecule has 0 amide bonds. The van der Waals surface area contributed by atoms with E-state index in [-0.39, 0.29) is 0 Å². The van der Waals surface area contributed by atoms with Crippen molar-refractivity contribution in [2.45, 2.75) is 19.9 Å². The molecule has 0 radical (unpaired) electrons. The van der Waals surface area contributed by atoms with E-state index in [1.165, 1.54) is 6.42 Å². The highest BCUT2D eigenvalue weighted by molar-refractivity contribution is 7.13. The van der Waals surface area contributed by atoms with Gasteiger partial charge in [0.05, 0.1) is 12.3 Å². The van der Waals surface area contributed by atoms with Crippen molar-refractivity contribution in [1.82, 2.24) is 19.9 Å². The van der Waals surface area contributed by atoms with Crippen LogP contribution in [0.1, 0.15) is 19.0 Å². The molecule has 1 unspecified atom stereocenters. The third kappa shape index (κ3) is 3.84. The summed E-state index contributed by atoms with van der Waals surface area (Å²) in [6.07, 6.45) is 4.68. The van der Waals surface area contributed by atoms with E-state index in [0.29, 0.717) is 11.7 Å². The summed E-state index contributed by atoms with van der Waals surface area (Å²) < 4.78 is 5.46. The monoisotopic (exact) mass is 304 g/mol. The quantitative estimate of drug-likeness (QED) is 0.820. The van der Waals surface area contributed by atoms with E-state index in [9.17, 15) is 0 Å². The lowest BCUT2D eigenvalue weighted by Gasteiger charge is -2.22. The van der Waals surface area contributed by atoms with Gasteiger partial charge in [0, 0.05) is 37.5 Å². The Morgan fingerprint density at radius 1 is 1.38 bits per heavy atom. The van der Waals surface area contributed by atoms with Crippen LogP contribution in [0.5, 0.6) is 0 Å². The first-order valence-corrected chi connectivity index (χ1v) is 8.25. The third-order valence-electron chi connectivity index (χ3n) is 3.68. The van der Waals surface area contributed by atoms with Crippen molar-refractivity contribution in [3.05, 3.63) is 29.5 Å². The maximum Gasteiger partial charge on any atom is 0.188 e. The van der Waals surface area contributed by atoms with Gasteiger partial charge in [0.2, 0.25) is 0 Å². The molecule has 0 aromatic carbocycles. The van der Waals surface area contributed by atoms with E-state index in [2.05, 4.69) is 32.2 Å². The topological polar surface area (TPSA) is 51.1 Å². The molecule has 0 aliphatic carbocycles. The summed E-state index contributed by atoms with van der Waals surface area (Å²) >= 11 is 1.61. The molecule has 3 heterocycles. The van der Waals surface area contributed by atoms with Crippen molar-refractivity contribution in [2.24, 2.45) is 5.92 Å². The molecule has 5 nitrogen and oxygen atoms in total. The molecule has 21 heavy (non-hydrogen) atoms. The second kappa shape index (κ2) is 7.06. The summed E-state index contributed by atoms with van der Waals surface area (Å²) in [5.41, 5.74) is 1.10. The predicted octanol–water partition coefficient (Wildman–Crippen LogP) is 2.46. The number of ether oxygens (including phenoxy) is 1. The first-order chi connectivity index (χ1) is 10.3. The Balaban J connectivity index is 1.62. The van der Waals surface area contributed by atoms with Gasteiger partial charge in [0.25, 0.3) is 0 Å². The standard InChI is InChI=1S/C15H20N4OS/c1-2-19(8-12-4-7-20-10-12)9-13-11-21-15(18-13)14-16-5-3-6-17-14/h3,5-6,11-12H,2,4,7-10H2,1H3. The molecule has 1 aliphatic heterocycles. The first kappa shape index (κ1) is 14.6. The Bertz CT molecular complexity index is 554. The van der Waals surface area contributed by atoms with Crippen molar-refractivity contribution < 1.29 is 4.74 Å². The number of hydrogen-bond acceptors (Lipinski definition) is 6. The average Bonchev–Trinajstić information content (AvgIpc) is 3.19. The van der Waals surface area contributed by atoms with E-state index >= 15 is 0 Å². The van der Waals surface area contributed by atoms with Crippen LogP contribution >= 0.6 is 11.3 Å². The molecule has 112 valence electrons. The number of rotatable bonds is 6. The fraction of sp³-hybridized carbons (Fsp3) is 0.533. The second-order valence-corrected chi connectivity index (χ2v) is 6.13. The minimum atomic E-state index is 0.667. The van der Waals surface area contributed by atoms with Crippen LogP contribution < -0.4 is 0 Å². The van der Waals surface area contributed by atoms with Crippen molar-refractivity contribution >= 4 is 11.3 Å². The van der Waals surface area contributed by atoms with Crippen molar-refractivity contribution in [1.29, 1.82) is 0 Å². The molecule has 1 saturated heterocycles. The average molecular weight is 304 g/mol. The van der Waals surface area contributed by atoms with E-state index in [0.717, 1.165) is 43.5 Å². The van der Waals surface area contributed by atoms with E-state index in [1.807, 2.05) is 6.07 Å². The van der Waals surface area contributed by atoms with Crippen LogP contribution in [0.4, 0.5) is 0 Å². The molecule has 1 atom stereocenters. The highest BCUT2D eigenvalue weighted by Gasteiger charge is 2.19. The Morgan fingerprint density at radius 3 is 2.95 bits per heavy atom. The zero-order valence-electron chi connectivity index (χ0n) is 12.2. The van der Waals surface area contributed by atoms with Gasteiger partial charge in [-0.25, -0.2) is 15.0 Å². The molecule has 6 heteroatoms. The SMILES string of the molecule is CCN(Cc1csc(-c2ncccn2)n1)CC1CCOC1. The van der Waals surface area contributed by atoms with Crippen molar-refractivity contribution in [2.75, 3.05) is 26.3 Å². The fourth-order valence-electron chi connectivity index (χ4n) is 2.52. The Hall–Kier alpha value is -1.37. The minimum absolute atomic E-state index is 0.667. The Kier molecular flexibility index (Phi) is 4.90. The lowest BCUT2D eigenvalue weighted by Crippen LogP contribution is -2.29. The van der Waals surface area contributed by atoms with Gasteiger partial charge >= 0.3 is 0 Å². The summed E-state index contributed by atoms with van der Waals surface area (Å²) in [6.45, 7) is 7.02. The first-order valence-electron chi connectivity index (χ1n) is 7.37. The van der Waals surface area contributed by atoms with Crippen LogP contribution in [0, 0.1) is 5.92 Å². The Morgan fingerprint density at radius 2 is 2.24 bits per heavy atom. The van der Waals surface area contributed by atoms with E-state index < -0.39 is 0 Å². The third-order valence-corrected chi connectivity index (χ3v) is 4.57. The maximum absolute atomic E-state index is 5.46. The van der Waals surface area contributed by atoms with E-state index in [1.54, 1.807) is 23.7 Å². The van der Waals surface area contributed by atoms with Gasteiger partial charge < -0.3 is 4.74 Å². The van der Waals surface area contributed by atoms with Crippen LogP contribution in [0.15, 0.2) is 23.8 Å². The lowest BCUT2D eigenvalue weighted by atomic mass is 10.1. The summed E-state index contributed by atoms with van der Waals surface area (Å²) in [7, 11) is 0. The highest BCUT2D eigenvalue weighted by Crippen LogP contribution is 2.21. The van der Waals surface area contributed by atoms with Gasteiger partial charge in [-0.1, -0.05) is 6.92 Å². The minimum Gasteiger partial charge on any atom is -0.381 e. The normalized spacial score (nSPS) is 18.5. The van der Waals surface area contributed by atoms with Gasteiger partial charge in [0.15, 0.2) is 10.8 Å². The Labute approximate surface area is 129 Å². The van der Waals surface area contributed by atoms with Crippen LogP contribution in [-0.2, 0) is 11.3 Å². The molecule has 2 aromatic heterocycles. The summed E-state index contributed by atoms with van der Waals surface area (Å²) in [4.78, 5) is 15.6. The van der Waals surface area contributed by atoms with Gasteiger partial charge in [-0.05, 0) is 24.9 Å². The molecular formula is C15H20N4OS. The van der Waals surface area contributed by atoms with Gasteiger partial charge in [0.1, 0.15) is 0 Å². The van der Waals surface area contributed by atoms with Gasteiger partial charge in [-0.3, -0.25) is 4.90 Å². The zero-order chi connectivity index (χ0) is 14.5. The van der Waals surface area contributed by atoms with Crippen LogP contribution in [0.25, 0.3) is 10.8 Å². The smallest absolute Gasteiger partial charge is 0.188 e. The molecule has 1 fully saturated rings. The van der Waals surface area contributed by atoms with E-state index in [4.69, 9.17) is 4.74 Å². The van der Waals surface area contributed by atoms with Gasteiger partial charge in [-0.2, -0.15) is 0 Å². The molecule has 0 bridgehead atoms. The molecule has 3 rings (SSSR count). The number of thiazole rings is 1. The second-order valence-electron chi connectivity index (χ2n) is 5.27. The fourth-order valence-corrected chi connectivity index (χ4v) is 3.27. The molecule has 0 N–H and O–H groups in total. The maximum atomic E-state index is 5.46. The number of hydrogen-bond donors (Lipinski definition) is 0. The van der Waals surface area contributed by atoms with Gasteiger partial charge in [-0.15, -0.1) is 11.3 Å². The summed E-state index contributed by atoms with van der Waals surface area (Å²) in [6, 6.07) is 1.82. The molecule has 0 saturated carbocycles. The number of nitrogens with zero attached hydrogens (tertiary/aromatic N) is 4. The van der Waals surface area contributed by atoms with Crippen LogP contribution in [-0.4, -0.2) is 46.2 Å². The lowest BCUT2D eigenvalue weighted by molar-refractivity contribution is 0.166. The van der Waals surface area contributed by atoms with Crippen molar-refractivity contribution in [3.63, 3.8) is 0 Å². The highest BCUT2D eigenvalue weighted by atomic mass is 32.1. The number of aromatic nitrogens is 3. The van der Waals surface area contributed by atoms with Crippen LogP contribution in [0.2, 0.25) is 0 Å². The summed E-state index contributed by atoms with van der Waals surface area (Å²) in [5, 5.41) is 3.00. The molecule has 0 spiro atoms. The zero-order valence-corrected chi connectivity index (χ0v) is 13.1. The molecule has 1 aliphatic rings.